The van der Waals surface area contributed by atoms with Gasteiger partial charge in [-0.1, -0.05) is 18.2 Å². The summed E-state index contributed by atoms with van der Waals surface area (Å²) in [6.07, 6.45) is -0.116. The summed E-state index contributed by atoms with van der Waals surface area (Å²) in [4.78, 5) is 39.2. The van der Waals surface area contributed by atoms with Gasteiger partial charge in [-0.3, -0.25) is 24.7 Å². The molecule has 1 saturated heterocycles. The fourth-order valence-electron chi connectivity index (χ4n) is 3.35. The number of hydrogen-bond acceptors (Lipinski definition) is 6. The molecule has 2 N–H and O–H groups in total. The van der Waals surface area contributed by atoms with E-state index in [2.05, 4.69) is 10.7 Å². The van der Waals surface area contributed by atoms with Gasteiger partial charge in [0.15, 0.2) is 5.11 Å². The van der Waals surface area contributed by atoms with Crippen molar-refractivity contribution in [3.63, 3.8) is 0 Å². The first-order chi connectivity index (χ1) is 15.8. The molecular formula is C23H26N4O5S. The smallest absolute Gasteiger partial charge is 0.253 e. The molecule has 33 heavy (non-hydrogen) atoms. The normalized spacial score (nSPS) is 15.4. The maximum absolute atomic E-state index is 12.7. The van der Waals surface area contributed by atoms with E-state index in [9.17, 15) is 14.4 Å². The van der Waals surface area contributed by atoms with Gasteiger partial charge in [-0.25, -0.2) is 5.01 Å². The summed E-state index contributed by atoms with van der Waals surface area (Å²) in [7, 11) is 3.08. The average molecular weight is 471 g/mol. The van der Waals surface area contributed by atoms with E-state index in [0.717, 1.165) is 5.56 Å². The van der Waals surface area contributed by atoms with Crippen LogP contribution in [0.1, 0.15) is 18.9 Å². The number of carbonyl (C=O) groups is 3. The molecule has 0 spiro atoms. The van der Waals surface area contributed by atoms with E-state index in [0.29, 0.717) is 23.8 Å². The number of anilines is 1. The van der Waals surface area contributed by atoms with Gasteiger partial charge in [0.2, 0.25) is 11.8 Å². The van der Waals surface area contributed by atoms with Crippen LogP contribution in [0.25, 0.3) is 0 Å². The van der Waals surface area contributed by atoms with E-state index >= 15 is 0 Å². The Hall–Kier alpha value is -3.66. The Labute approximate surface area is 197 Å². The molecule has 2 aromatic carbocycles. The molecule has 10 heteroatoms. The maximum Gasteiger partial charge on any atom is 0.253 e. The quantitative estimate of drug-likeness (QED) is 0.542. The molecule has 1 fully saturated rings. The van der Waals surface area contributed by atoms with Crippen LogP contribution in [0.3, 0.4) is 0 Å². The number of hydrazine groups is 1. The van der Waals surface area contributed by atoms with E-state index in [4.69, 9.17) is 21.7 Å². The van der Waals surface area contributed by atoms with Crippen LogP contribution < -0.4 is 20.2 Å². The van der Waals surface area contributed by atoms with Gasteiger partial charge in [-0.2, -0.15) is 0 Å². The predicted octanol–water partition coefficient (Wildman–Crippen LogP) is 2.12. The number of benzene rings is 2. The molecule has 9 nitrogen and oxygen atoms in total. The molecule has 3 amide bonds. The molecule has 0 aromatic heterocycles. The van der Waals surface area contributed by atoms with E-state index < -0.39 is 11.9 Å². The zero-order chi connectivity index (χ0) is 24.0. The van der Waals surface area contributed by atoms with Crippen LogP contribution >= 0.6 is 12.2 Å². The van der Waals surface area contributed by atoms with Gasteiger partial charge in [0, 0.05) is 18.8 Å². The highest BCUT2D eigenvalue weighted by Gasteiger charge is 2.42. The largest absolute Gasteiger partial charge is 0.497 e. The maximum atomic E-state index is 12.7. The lowest BCUT2D eigenvalue weighted by Crippen LogP contribution is -2.50. The topological polar surface area (TPSA) is 100 Å². The fourth-order valence-corrected chi connectivity index (χ4v) is 3.61. The van der Waals surface area contributed by atoms with Crippen molar-refractivity contribution in [3.8, 4) is 11.5 Å². The monoisotopic (exact) mass is 470 g/mol. The number of likely N-dealkylation sites (N-methyl/N-ethyl adjacent to an activating group) is 1. The molecule has 0 bridgehead atoms. The molecule has 0 aliphatic carbocycles. The molecule has 2 aromatic rings. The van der Waals surface area contributed by atoms with Crippen molar-refractivity contribution < 1.29 is 23.9 Å². The first-order valence-corrected chi connectivity index (χ1v) is 10.8. The number of thiocarbonyl (C=S) groups is 1. The lowest BCUT2D eigenvalue weighted by atomic mass is 10.1. The van der Waals surface area contributed by atoms with Crippen molar-refractivity contribution in [2.75, 3.05) is 26.1 Å². The SMILES string of the molecule is CCOc1cccc(NC(=O)CC2C(=O)N(C)C(=S)N2NC(=O)Cc2ccc(OC)cc2)c1. The molecule has 174 valence electrons. The number of rotatable bonds is 9. The Morgan fingerprint density at radius 3 is 2.48 bits per heavy atom. The minimum Gasteiger partial charge on any atom is -0.497 e. The second-order valence-corrected chi connectivity index (χ2v) is 7.70. The van der Waals surface area contributed by atoms with Gasteiger partial charge in [-0.05, 0) is 49.0 Å². The minimum atomic E-state index is -0.947. The molecule has 1 atom stereocenters. The third-order valence-corrected chi connectivity index (χ3v) is 5.47. The molecule has 1 aliphatic heterocycles. The summed E-state index contributed by atoms with van der Waals surface area (Å²) in [5, 5.41) is 4.16. The molecule has 3 rings (SSSR count). The van der Waals surface area contributed by atoms with Gasteiger partial charge in [0.25, 0.3) is 5.91 Å². The first-order valence-electron chi connectivity index (χ1n) is 10.4. The number of hydrogen-bond donors (Lipinski definition) is 2. The van der Waals surface area contributed by atoms with Crippen molar-refractivity contribution in [2.24, 2.45) is 0 Å². The summed E-state index contributed by atoms with van der Waals surface area (Å²) in [5.74, 6) is 0.184. The molecule has 1 aliphatic rings. The van der Waals surface area contributed by atoms with E-state index in [-0.39, 0.29) is 29.8 Å². The zero-order valence-electron chi connectivity index (χ0n) is 18.7. The minimum absolute atomic E-state index is 0.0736. The summed E-state index contributed by atoms with van der Waals surface area (Å²) in [6, 6.07) is 13.1. The standard InChI is InChI=1S/C23H26N4O5S/c1-4-32-18-7-5-6-16(13-18)24-20(28)14-19-22(30)26(2)23(33)27(19)25-21(29)12-15-8-10-17(31-3)11-9-15/h5-11,13,19H,4,12,14H2,1-3H3,(H,24,28)(H,25,29). The van der Waals surface area contributed by atoms with Crippen LogP contribution in [0.5, 0.6) is 11.5 Å². The van der Waals surface area contributed by atoms with Crippen molar-refractivity contribution >= 4 is 40.7 Å². The van der Waals surface area contributed by atoms with Crippen LogP contribution in [-0.2, 0) is 20.8 Å². The number of nitrogens with one attached hydrogen (secondary N) is 2. The van der Waals surface area contributed by atoms with Gasteiger partial charge in [0.1, 0.15) is 17.5 Å². The van der Waals surface area contributed by atoms with E-state index in [1.54, 1.807) is 55.6 Å². The van der Waals surface area contributed by atoms with Gasteiger partial charge >= 0.3 is 0 Å². The third-order valence-electron chi connectivity index (χ3n) is 5.00. The second kappa shape index (κ2) is 10.8. The Bertz CT molecular complexity index is 1040. The van der Waals surface area contributed by atoms with E-state index in [1.165, 1.54) is 17.0 Å². The predicted molar refractivity (Wildman–Crippen MR) is 127 cm³/mol. The summed E-state index contributed by atoms with van der Waals surface area (Å²) < 4.78 is 10.6. The third kappa shape index (κ3) is 5.98. The highest BCUT2D eigenvalue weighted by molar-refractivity contribution is 7.80. The zero-order valence-corrected chi connectivity index (χ0v) is 19.5. The van der Waals surface area contributed by atoms with Crippen LogP contribution in [0.2, 0.25) is 0 Å². The molecular weight excluding hydrogens is 444 g/mol. The average Bonchev–Trinajstić information content (AvgIpc) is 2.98. The van der Waals surface area contributed by atoms with Crippen molar-refractivity contribution in [1.29, 1.82) is 0 Å². The number of methoxy groups -OCH3 is 1. The summed E-state index contributed by atoms with van der Waals surface area (Å²) in [5.41, 5.74) is 3.98. The van der Waals surface area contributed by atoms with Gasteiger partial charge in [0.05, 0.1) is 26.6 Å². The number of amides is 3. The highest BCUT2D eigenvalue weighted by Crippen LogP contribution is 2.21. The summed E-state index contributed by atoms with van der Waals surface area (Å²) >= 11 is 5.31. The first kappa shape index (κ1) is 24.0. The van der Waals surface area contributed by atoms with Crippen LogP contribution in [0.4, 0.5) is 5.69 Å². The summed E-state index contributed by atoms with van der Waals surface area (Å²) in [6.45, 7) is 2.37. The number of ether oxygens (including phenoxy) is 2. The fraction of sp³-hybridized carbons (Fsp3) is 0.304. The number of carbonyl (C=O) groups excluding carboxylic acids is 3. The molecule has 1 unspecified atom stereocenters. The van der Waals surface area contributed by atoms with Crippen molar-refractivity contribution in [2.45, 2.75) is 25.8 Å². The van der Waals surface area contributed by atoms with E-state index in [1.807, 2.05) is 6.92 Å². The number of nitrogens with zero attached hydrogens (tertiary/aromatic N) is 2. The van der Waals surface area contributed by atoms with Crippen LogP contribution in [0, 0.1) is 0 Å². The van der Waals surface area contributed by atoms with Crippen LogP contribution in [-0.4, -0.2) is 59.5 Å². The van der Waals surface area contributed by atoms with Crippen molar-refractivity contribution in [3.05, 3.63) is 54.1 Å². The Kier molecular flexibility index (Phi) is 7.83. The lowest BCUT2D eigenvalue weighted by molar-refractivity contribution is -0.132. The Morgan fingerprint density at radius 2 is 1.82 bits per heavy atom. The second-order valence-electron chi connectivity index (χ2n) is 7.34. The molecule has 0 saturated carbocycles. The lowest BCUT2D eigenvalue weighted by Gasteiger charge is -2.24. The van der Waals surface area contributed by atoms with Gasteiger partial charge < -0.3 is 14.8 Å². The Balaban J connectivity index is 1.65. The van der Waals surface area contributed by atoms with Crippen molar-refractivity contribution in [1.82, 2.24) is 15.3 Å². The van der Waals surface area contributed by atoms with Crippen LogP contribution in [0.15, 0.2) is 48.5 Å². The van der Waals surface area contributed by atoms with Gasteiger partial charge in [-0.15, -0.1) is 0 Å². The Morgan fingerprint density at radius 1 is 1.09 bits per heavy atom. The molecule has 1 heterocycles. The molecule has 0 radical (unpaired) electrons. The highest BCUT2D eigenvalue weighted by atomic mass is 32.1.